The highest BCUT2D eigenvalue weighted by molar-refractivity contribution is 6.16. The van der Waals surface area contributed by atoms with Crippen molar-refractivity contribution in [1.29, 1.82) is 0 Å². The van der Waals surface area contributed by atoms with Gasteiger partial charge in [0.1, 0.15) is 0 Å². The third-order valence-electron chi connectivity index (χ3n) is 13.1. The van der Waals surface area contributed by atoms with Crippen molar-refractivity contribution in [2.24, 2.45) is 0 Å². The van der Waals surface area contributed by atoms with Crippen LogP contribution in [0, 0.1) is 132 Å². The molecule has 0 fully saturated rings. The van der Waals surface area contributed by atoms with Crippen molar-refractivity contribution in [2.75, 3.05) is 4.90 Å². The van der Waals surface area contributed by atoms with Crippen LogP contribution in [-0.2, 0) is 0 Å². The van der Waals surface area contributed by atoms with Gasteiger partial charge in [-0.25, -0.2) is 0 Å². The predicted octanol–water partition coefficient (Wildman–Crippen LogP) is 13.3. The van der Waals surface area contributed by atoms with E-state index in [4.69, 9.17) is 0 Å². The average Bonchev–Trinajstić information content (AvgIpc) is 3.02. The molecule has 0 saturated carbocycles. The fraction of sp³-hybridized carbons (Fsp3) is 0.422. The van der Waals surface area contributed by atoms with Gasteiger partial charge in [0.25, 0.3) is 0 Å². The summed E-state index contributed by atoms with van der Waals surface area (Å²) in [5, 5.41) is 5.70. The second-order valence-corrected chi connectivity index (χ2v) is 14.8. The van der Waals surface area contributed by atoms with Crippen LogP contribution >= 0.6 is 0 Å². The van der Waals surface area contributed by atoms with E-state index in [1.165, 1.54) is 144 Å². The molecule has 5 aromatic rings. The van der Waals surface area contributed by atoms with Crippen LogP contribution in [0.4, 0.5) is 17.1 Å². The maximum Gasteiger partial charge on any atom is 0.0575 e. The number of aryl methyl sites for hydroxylation is 5. The van der Waals surface area contributed by atoms with Crippen LogP contribution < -0.4 is 4.90 Å². The summed E-state index contributed by atoms with van der Waals surface area (Å²) in [7, 11) is 0. The number of hydrogen-bond donors (Lipinski definition) is 0. The van der Waals surface area contributed by atoms with Gasteiger partial charge >= 0.3 is 0 Å². The number of fused-ring (bicyclic) bond motifs is 2. The predicted molar refractivity (Wildman–Crippen MR) is 206 cm³/mol. The molecule has 0 bridgehead atoms. The SMILES string of the molecule is Cc1c(C)c(C)c(N(c2c(C)c(C)c(C)c(C)c2C)c2c(C)c(C)c(C)c3c(C)c4c(C)c(C)c(C)c(C)c4c(C)c23)c(C)c1C. The molecule has 0 aliphatic carbocycles. The zero-order valence-corrected chi connectivity index (χ0v) is 32.4. The second-order valence-electron chi connectivity index (χ2n) is 14.8. The van der Waals surface area contributed by atoms with Crippen molar-refractivity contribution in [3.8, 4) is 0 Å². The monoisotopic (exact) mass is 611 g/mol. The topological polar surface area (TPSA) is 3.24 Å². The highest BCUT2D eigenvalue weighted by Gasteiger charge is 2.31. The zero-order chi connectivity index (χ0) is 34.6. The molecule has 0 aliphatic heterocycles. The lowest BCUT2D eigenvalue weighted by atomic mass is 9.80. The molecule has 0 aliphatic rings. The van der Waals surface area contributed by atoms with E-state index in [0.29, 0.717) is 0 Å². The van der Waals surface area contributed by atoms with Gasteiger partial charge in [0.2, 0.25) is 0 Å². The van der Waals surface area contributed by atoms with Crippen molar-refractivity contribution < 1.29 is 0 Å². The van der Waals surface area contributed by atoms with Crippen LogP contribution in [0.5, 0.6) is 0 Å². The Morgan fingerprint density at radius 3 is 0.696 bits per heavy atom. The Morgan fingerprint density at radius 2 is 0.370 bits per heavy atom. The summed E-state index contributed by atoms with van der Waals surface area (Å²) >= 11 is 0. The summed E-state index contributed by atoms with van der Waals surface area (Å²) in [6.07, 6.45) is 0. The van der Waals surface area contributed by atoms with E-state index < -0.39 is 0 Å². The molecular formula is C45H57N. The van der Waals surface area contributed by atoms with Crippen molar-refractivity contribution in [1.82, 2.24) is 0 Å². The number of hydrogen-bond acceptors (Lipinski definition) is 1. The smallest absolute Gasteiger partial charge is 0.0575 e. The fourth-order valence-electron chi connectivity index (χ4n) is 8.72. The number of nitrogens with zero attached hydrogens (tertiary/aromatic N) is 1. The highest BCUT2D eigenvalue weighted by Crippen LogP contribution is 2.53. The largest absolute Gasteiger partial charge is 0.308 e. The number of rotatable bonds is 3. The van der Waals surface area contributed by atoms with E-state index in [0.717, 1.165) is 0 Å². The van der Waals surface area contributed by atoms with Crippen molar-refractivity contribution >= 4 is 38.6 Å². The van der Waals surface area contributed by atoms with E-state index in [9.17, 15) is 0 Å². The molecule has 0 saturated heterocycles. The molecule has 0 spiro atoms. The summed E-state index contributed by atoms with van der Waals surface area (Å²) in [6, 6.07) is 0. The third kappa shape index (κ3) is 4.33. The number of benzene rings is 5. The minimum atomic E-state index is 1.34. The molecule has 0 unspecified atom stereocenters. The van der Waals surface area contributed by atoms with Gasteiger partial charge in [-0.3, -0.25) is 0 Å². The lowest BCUT2D eigenvalue weighted by molar-refractivity contribution is 1.09. The van der Waals surface area contributed by atoms with Gasteiger partial charge in [-0.15, -0.1) is 0 Å². The summed E-state index contributed by atoms with van der Waals surface area (Å²) in [5.41, 5.74) is 30.5. The molecule has 1 heteroatoms. The second kappa shape index (κ2) is 11.3. The van der Waals surface area contributed by atoms with Gasteiger partial charge < -0.3 is 4.90 Å². The molecule has 46 heavy (non-hydrogen) atoms. The van der Waals surface area contributed by atoms with Crippen LogP contribution in [0.25, 0.3) is 21.5 Å². The molecule has 0 aromatic heterocycles. The average molecular weight is 612 g/mol. The van der Waals surface area contributed by atoms with E-state index in [1.807, 2.05) is 0 Å². The molecule has 0 N–H and O–H groups in total. The lowest BCUT2D eigenvalue weighted by Gasteiger charge is -2.38. The summed E-state index contributed by atoms with van der Waals surface area (Å²) < 4.78 is 0. The number of anilines is 3. The Morgan fingerprint density at radius 1 is 0.174 bits per heavy atom. The molecule has 0 amide bonds. The van der Waals surface area contributed by atoms with Crippen LogP contribution in [0.15, 0.2) is 0 Å². The Bertz CT molecular complexity index is 2040. The minimum absolute atomic E-state index is 1.34. The zero-order valence-electron chi connectivity index (χ0n) is 32.4. The van der Waals surface area contributed by atoms with E-state index in [1.54, 1.807) is 0 Å². The highest BCUT2D eigenvalue weighted by atomic mass is 15.2. The van der Waals surface area contributed by atoms with Crippen molar-refractivity contribution in [2.45, 2.75) is 132 Å². The van der Waals surface area contributed by atoms with E-state index in [-0.39, 0.29) is 0 Å². The Kier molecular flexibility index (Phi) is 8.29. The Hall–Kier alpha value is -3.58. The van der Waals surface area contributed by atoms with Gasteiger partial charge in [-0.05, 0) is 253 Å². The van der Waals surface area contributed by atoms with Gasteiger partial charge in [0.15, 0.2) is 0 Å². The first-order valence-corrected chi connectivity index (χ1v) is 17.2. The molecule has 1 nitrogen and oxygen atoms in total. The summed E-state index contributed by atoms with van der Waals surface area (Å²) in [4.78, 5) is 2.72. The van der Waals surface area contributed by atoms with Crippen molar-refractivity contribution in [3.63, 3.8) is 0 Å². The Labute approximate surface area is 280 Å². The van der Waals surface area contributed by atoms with Crippen molar-refractivity contribution in [3.05, 3.63) is 106 Å². The van der Waals surface area contributed by atoms with Crippen LogP contribution in [0.3, 0.4) is 0 Å². The molecule has 0 atom stereocenters. The normalized spacial score (nSPS) is 11.8. The van der Waals surface area contributed by atoms with Gasteiger partial charge in [-0.2, -0.15) is 0 Å². The standard InChI is InChI=1S/C45H57N/c1-20-24(5)32(13)43(33(14)25(20)6)46(44-34(15)26(7)21(2)27(8)35(44)16)45-36(17)28(9)31(12)41-37(18)39-29(10)22(3)23(4)30(11)40(39)38(19)42(41)45/h1-19H3. The molecule has 5 rings (SSSR count). The fourth-order valence-corrected chi connectivity index (χ4v) is 8.72. The van der Waals surface area contributed by atoms with Crippen LogP contribution in [0.1, 0.15) is 106 Å². The Balaban J connectivity index is 2.21. The minimum Gasteiger partial charge on any atom is -0.308 e. The van der Waals surface area contributed by atoms with Gasteiger partial charge in [-0.1, -0.05) is 0 Å². The first-order valence-electron chi connectivity index (χ1n) is 17.2. The molecule has 0 heterocycles. The molecule has 5 aromatic carbocycles. The summed E-state index contributed by atoms with van der Waals surface area (Å²) in [6.45, 7) is 44.4. The van der Waals surface area contributed by atoms with Gasteiger partial charge in [0.05, 0.1) is 17.1 Å². The third-order valence-corrected chi connectivity index (χ3v) is 13.1. The quantitative estimate of drug-likeness (QED) is 0.183. The van der Waals surface area contributed by atoms with Crippen LogP contribution in [0.2, 0.25) is 0 Å². The summed E-state index contributed by atoms with van der Waals surface area (Å²) in [5.74, 6) is 0. The lowest BCUT2D eigenvalue weighted by Crippen LogP contribution is -2.21. The molecule has 0 radical (unpaired) electrons. The maximum atomic E-state index is 2.72. The van der Waals surface area contributed by atoms with Gasteiger partial charge in [0, 0.05) is 5.39 Å². The van der Waals surface area contributed by atoms with E-state index >= 15 is 0 Å². The maximum absolute atomic E-state index is 2.72. The first-order chi connectivity index (χ1) is 21.3. The van der Waals surface area contributed by atoms with E-state index in [2.05, 4.69) is 136 Å². The first kappa shape index (κ1) is 33.8. The molecular weight excluding hydrogens is 555 g/mol. The van der Waals surface area contributed by atoms with Crippen LogP contribution in [-0.4, -0.2) is 0 Å². The molecule has 242 valence electrons.